The summed E-state index contributed by atoms with van der Waals surface area (Å²) in [7, 11) is -0.883. The van der Waals surface area contributed by atoms with E-state index in [4.69, 9.17) is 0 Å². The van der Waals surface area contributed by atoms with Crippen molar-refractivity contribution in [2.24, 2.45) is 0 Å². The van der Waals surface area contributed by atoms with Gasteiger partial charge >= 0.3 is 0 Å². The maximum absolute atomic E-state index is 11.7. The lowest BCUT2D eigenvalue weighted by Gasteiger charge is -2.03. The van der Waals surface area contributed by atoms with Crippen molar-refractivity contribution in [3.8, 4) is 0 Å². The van der Waals surface area contributed by atoms with Crippen molar-refractivity contribution in [3.05, 3.63) is 11.6 Å². The van der Waals surface area contributed by atoms with Gasteiger partial charge in [0, 0.05) is 18.1 Å². The number of thiazole rings is 1. The lowest BCUT2D eigenvalue weighted by atomic mass is 10.4. The molecule has 0 aliphatic carbocycles. The lowest BCUT2D eigenvalue weighted by Crippen LogP contribution is -2.18. The number of nitrogens with zero attached hydrogens (tertiary/aromatic N) is 1. The van der Waals surface area contributed by atoms with E-state index in [0.717, 1.165) is 23.8 Å². The summed E-state index contributed by atoms with van der Waals surface area (Å²) in [5, 5.41) is 5.34. The van der Waals surface area contributed by atoms with E-state index in [0.29, 0.717) is 0 Å². The van der Waals surface area contributed by atoms with Gasteiger partial charge in [-0.05, 0) is 13.0 Å². The van der Waals surface area contributed by atoms with Crippen molar-refractivity contribution >= 4 is 34.5 Å². The molecule has 74 valence electrons. The SMILES string of the molecule is Cl.O=S(c1nccs1)[C@H]1CCNC1. The molecule has 2 atom stereocenters. The molecule has 6 heteroatoms. The Morgan fingerprint density at radius 1 is 1.69 bits per heavy atom. The molecule has 1 aromatic heterocycles. The number of nitrogens with one attached hydrogen (secondary N) is 1. The Morgan fingerprint density at radius 2 is 2.54 bits per heavy atom. The Kier molecular flexibility index (Phi) is 4.31. The normalized spacial score (nSPS) is 23.8. The third kappa shape index (κ3) is 2.49. The first-order valence-electron chi connectivity index (χ1n) is 3.89. The molecule has 2 rings (SSSR count). The summed E-state index contributed by atoms with van der Waals surface area (Å²) in [5.41, 5.74) is 0. The van der Waals surface area contributed by atoms with Crippen molar-refractivity contribution in [1.29, 1.82) is 0 Å². The average Bonchev–Trinajstić information content (AvgIpc) is 2.77. The van der Waals surface area contributed by atoms with Crippen molar-refractivity contribution in [1.82, 2.24) is 10.3 Å². The van der Waals surface area contributed by atoms with Gasteiger partial charge in [-0.15, -0.1) is 23.7 Å². The fraction of sp³-hybridized carbons (Fsp3) is 0.571. The fourth-order valence-electron chi connectivity index (χ4n) is 1.26. The number of aromatic nitrogens is 1. The van der Waals surface area contributed by atoms with E-state index in [1.165, 1.54) is 11.3 Å². The van der Waals surface area contributed by atoms with Gasteiger partial charge < -0.3 is 5.32 Å². The first-order chi connectivity index (χ1) is 5.88. The monoisotopic (exact) mass is 238 g/mol. The summed E-state index contributed by atoms with van der Waals surface area (Å²) in [6, 6.07) is 0. The molecule has 0 saturated carbocycles. The molecule has 1 unspecified atom stereocenters. The van der Waals surface area contributed by atoms with E-state index in [1.807, 2.05) is 5.38 Å². The number of hydrogen-bond donors (Lipinski definition) is 1. The minimum atomic E-state index is -0.883. The van der Waals surface area contributed by atoms with Gasteiger partial charge in [-0.3, -0.25) is 4.21 Å². The summed E-state index contributed by atoms with van der Waals surface area (Å²) in [6.07, 6.45) is 2.71. The molecule has 0 spiro atoms. The Morgan fingerprint density at radius 3 is 3.08 bits per heavy atom. The second-order valence-corrected chi connectivity index (χ2v) is 5.51. The predicted octanol–water partition coefficient (Wildman–Crippen LogP) is 1.03. The largest absolute Gasteiger partial charge is 0.315 e. The highest BCUT2D eigenvalue weighted by molar-refractivity contribution is 7.87. The van der Waals surface area contributed by atoms with Crippen LogP contribution >= 0.6 is 23.7 Å². The molecule has 1 fully saturated rings. The third-order valence-electron chi connectivity index (χ3n) is 1.90. The molecule has 1 aromatic rings. The molecule has 1 N–H and O–H groups in total. The highest BCUT2D eigenvalue weighted by Gasteiger charge is 2.23. The number of halogens is 1. The Labute approximate surface area is 89.8 Å². The van der Waals surface area contributed by atoms with Gasteiger partial charge in [-0.1, -0.05) is 0 Å². The molecule has 0 bridgehead atoms. The first-order valence-corrected chi connectivity index (χ1v) is 5.98. The smallest absolute Gasteiger partial charge is 0.180 e. The zero-order valence-electron chi connectivity index (χ0n) is 6.93. The van der Waals surface area contributed by atoms with Gasteiger partial charge in [0.1, 0.15) is 0 Å². The van der Waals surface area contributed by atoms with Crippen LogP contribution in [0, 0.1) is 0 Å². The maximum atomic E-state index is 11.7. The van der Waals surface area contributed by atoms with E-state index in [9.17, 15) is 4.21 Å². The highest BCUT2D eigenvalue weighted by Crippen LogP contribution is 2.17. The second kappa shape index (κ2) is 5.05. The van der Waals surface area contributed by atoms with Crippen molar-refractivity contribution < 1.29 is 4.21 Å². The van der Waals surface area contributed by atoms with E-state index in [1.54, 1.807) is 6.20 Å². The summed E-state index contributed by atoms with van der Waals surface area (Å²) in [4.78, 5) is 4.05. The van der Waals surface area contributed by atoms with Crippen LogP contribution in [0.3, 0.4) is 0 Å². The maximum Gasteiger partial charge on any atom is 0.180 e. The van der Waals surface area contributed by atoms with Gasteiger partial charge in [-0.2, -0.15) is 0 Å². The van der Waals surface area contributed by atoms with Crippen LogP contribution in [0.1, 0.15) is 6.42 Å². The number of hydrogen-bond acceptors (Lipinski definition) is 4. The quantitative estimate of drug-likeness (QED) is 0.837. The molecule has 2 heterocycles. The molecule has 1 aliphatic heterocycles. The average molecular weight is 239 g/mol. The predicted molar refractivity (Wildman–Crippen MR) is 57.0 cm³/mol. The van der Waals surface area contributed by atoms with Crippen LogP contribution in [0.25, 0.3) is 0 Å². The molecule has 0 aromatic carbocycles. The van der Waals surface area contributed by atoms with Crippen LogP contribution in [0.2, 0.25) is 0 Å². The van der Waals surface area contributed by atoms with E-state index < -0.39 is 10.8 Å². The summed E-state index contributed by atoms with van der Waals surface area (Å²) < 4.78 is 12.5. The number of rotatable bonds is 2. The molecular weight excluding hydrogens is 228 g/mol. The van der Waals surface area contributed by atoms with E-state index in [2.05, 4.69) is 10.3 Å². The first kappa shape index (κ1) is 11.1. The van der Waals surface area contributed by atoms with Gasteiger partial charge in [-0.25, -0.2) is 4.98 Å². The molecule has 0 amide bonds. The second-order valence-electron chi connectivity index (χ2n) is 2.71. The third-order valence-corrected chi connectivity index (χ3v) is 4.70. The van der Waals surface area contributed by atoms with E-state index >= 15 is 0 Å². The summed E-state index contributed by atoms with van der Waals surface area (Å²) >= 11 is 1.48. The van der Waals surface area contributed by atoms with Crippen LogP contribution in [0.15, 0.2) is 15.9 Å². The van der Waals surface area contributed by atoms with Crippen LogP contribution in [-0.2, 0) is 10.8 Å². The van der Waals surface area contributed by atoms with Crippen molar-refractivity contribution in [3.63, 3.8) is 0 Å². The van der Waals surface area contributed by atoms with Gasteiger partial charge in [0.15, 0.2) is 4.34 Å². The highest BCUT2D eigenvalue weighted by atomic mass is 35.5. The lowest BCUT2D eigenvalue weighted by molar-refractivity contribution is 0.671. The molecule has 13 heavy (non-hydrogen) atoms. The minimum Gasteiger partial charge on any atom is -0.315 e. The summed E-state index contributed by atoms with van der Waals surface area (Å²) in [6.45, 7) is 1.86. The standard InChI is InChI=1S/C7H10N2OS2.ClH/c10-12(6-1-2-8-5-6)7-9-3-4-11-7;/h3-4,6,8H,1-2,5H2;1H/t6-,12?;/m0./s1. The van der Waals surface area contributed by atoms with E-state index in [-0.39, 0.29) is 17.7 Å². The van der Waals surface area contributed by atoms with Gasteiger partial charge in [0.2, 0.25) is 0 Å². The molecule has 3 nitrogen and oxygen atoms in total. The minimum absolute atomic E-state index is 0. The fourth-order valence-corrected chi connectivity index (χ4v) is 3.63. The Balaban J connectivity index is 0.000000845. The van der Waals surface area contributed by atoms with Crippen LogP contribution in [-0.4, -0.2) is 27.5 Å². The van der Waals surface area contributed by atoms with Gasteiger partial charge in [0.25, 0.3) is 0 Å². The molecule has 1 aliphatic rings. The molecule has 1 saturated heterocycles. The topological polar surface area (TPSA) is 42.0 Å². The zero-order valence-corrected chi connectivity index (χ0v) is 9.38. The zero-order chi connectivity index (χ0) is 8.39. The van der Waals surface area contributed by atoms with Crippen LogP contribution in [0.5, 0.6) is 0 Å². The summed E-state index contributed by atoms with van der Waals surface area (Å²) in [5.74, 6) is 0. The van der Waals surface area contributed by atoms with Crippen molar-refractivity contribution in [2.45, 2.75) is 16.0 Å². The Hall–Kier alpha value is 0.0300. The van der Waals surface area contributed by atoms with Gasteiger partial charge in [0.05, 0.1) is 16.0 Å². The molecular formula is C7H11ClN2OS2. The van der Waals surface area contributed by atoms with Crippen LogP contribution in [0.4, 0.5) is 0 Å². The Bertz CT molecular complexity index is 272. The molecule has 0 radical (unpaired) electrons. The van der Waals surface area contributed by atoms with Crippen molar-refractivity contribution in [2.75, 3.05) is 13.1 Å². The van der Waals surface area contributed by atoms with Crippen LogP contribution < -0.4 is 5.32 Å².